The Morgan fingerprint density at radius 1 is 1.55 bits per heavy atom. The molecule has 0 saturated heterocycles. The molecule has 1 aliphatic carbocycles. The summed E-state index contributed by atoms with van der Waals surface area (Å²) in [6, 6.07) is 0.407. The Morgan fingerprint density at radius 2 is 2.35 bits per heavy atom. The summed E-state index contributed by atoms with van der Waals surface area (Å²) in [6.07, 6.45) is 6.45. The van der Waals surface area contributed by atoms with Gasteiger partial charge >= 0.3 is 0 Å². The van der Waals surface area contributed by atoms with E-state index in [4.69, 9.17) is 5.73 Å². The number of aromatic nitrogens is 2. The lowest BCUT2D eigenvalue weighted by atomic mass is 9.89. The van der Waals surface area contributed by atoms with Gasteiger partial charge in [0.1, 0.15) is 0 Å². The lowest BCUT2D eigenvalue weighted by Gasteiger charge is -2.39. The van der Waals surface area contributed by atoms with Crippen LogP contribution in [0.3, 0.4) is 0 Å². The zero-order valence-corrected chi connectivity index (χ0v) is 11.4. The van der Waals surface area contributed by atoms with Gasteiger partial charge in [-0.05, 0) is 24.8 Å². The molecular weight excluding hydrogens is 259 g/mol. The molecule has 0 unspecified atom stereocenters. The maximum atomic E-state index is 12.6. The Kier molecular flexibility index (Phi) is 3.56. The van der Waals surface area contributed by atoms with Crippen molar-refractivity contribution in [3.05, 3.63) is 29.4 Å². The minimum Gasteiger partial charge on any atom is -0.335 e. The van der Waals surface area contributed by atoms with Gasteiger partial charge in [-0.1, -0.05) is 0 Å². The van der Waals surface area contributed by atoms with Crippen LogP contribution in [0, 0.1) is 0 Å². The predicted molar refractivity (Wildman–Crippen MR) is 72.9 cm³/mol. The van der Waals surface area contributed by atoms with Gasteiger partial charge in [0.25, 0.3) is 5.91 Å². The van der Waals surface area contributed by atoms with Gasteiger partial charge in [0, 0.05) is 31.7 Å². The summed E-state index contributed by atoms with van der Waals surface area (Å²) in [5.74, 6) is 0.0701. The lowest BCUT2D eigenvalue weighted by molar-refractivity contribution is 0.0559. The smallest absolute Gasteiger partial charge is 0.257 e. The first-order chi connectivity index (χ1) is 9.72. The number of amides is 1. The van der Waals surface area contributed by atoms with Crippen LogP contribution < -0.4 is 5.73 Å². The van der Waals surface area contributed by atoms with Crippen molar-refractivity contribution >= 4 is 5.91 Å². The Morgan fingerprint density at radius 3 is 2.95 bits per heavy atom. The topological polar surface area (TPSA) is 64.2 Å². The van der Waals surface area contributed by atoms with Crippen molar-refractivity contribution in [2.75, 3.05) is 13.1 Å². The molecule has 0 radical (unpaired) electrons. The van der Waals surface area contributed by atoms with Crippen LogP contribution in [0.1, 0.15) is 35.3 Å². The first kappa shape index (κ1) is 13.3. The Bertz CT molecular complexity index is 547. The normalized spacial score (nSPS) is 20.0. The van der Waals surface area contributed by atoms with E-state index in [0.717, 1.165) is 31.5 Å². The van der Waals surface area contributed by atoms with Gasteiger partial charge in [-0.15, -0.1) is 0 Å². The van der Waals surface area contributed by atoms with E-state index in [1.54, 1.807) is 10.9 Å². The minimum atomic E-state index is 0.0701. The number of halogens is 1. The first-order valence-electron chi connectivity index (χ1n) is 7.08. The van der Waals surface area contributed by atoms with Gasteiger partial charge in [-0.2, -0.15) is 5.10 Å². The summed E-state index contributed by atoms with van der Waals surface area (Å²) >= 11 is 0. The van der Waals surface area contributed by atoms with Crippen molar-refractivity contribution in [1.82, 2.24) is 14.7 Å². The fourth-order valence-electron chi connectivity index (χ4n) is 2.79. The number of carbonyl (C=O) groups is 1. The van der Waals surface area contributed by atoms with Crippen LogP contribution in [0.2, 0.25) is 0 Å². The van der Waals surface area contributed by atoms with Gasteiger partial charge in [-0.25, -0.2) is 4.39 Å². The molecule has 1 aromatic rings. The van der Waals surface area contributed by atoms with Crippen molar-refractivity contribution in [2.45, 2.75) is 38.3 Å². The second kappa shape index (κ2) is 5.36. The standard InChI is InChI=1S/C14H19FN4O/c15-6-10(7-16)8-18-9-12-13(17-18)4-5-19(14(12)20)11-2-1-3-11/h6,9,11H,1-5,7-8,16H2/b10-6+. The molecule has 5 nitrogen and oxygen atoms in total. The van der Waals surface area contributed by atoms with Crippen molar-refractivity contribution in [3.63, 3.8) is 0 Å². The molecule has 2 heterocycles. The van der Waals surface area contributed by atoms with Gasteiger partial charge < -0.3 is 10.6 Å². The molecule has 20 heavy (non-hydrogen) atoms. The van der Waals surface area contributed by atoms with E-state index >= 15 is 0 Å². The predicted octanol–water partition coefficient (Wildman–Crippen LogP) is 1.25. The molecule has 1 fully saturated rings. The van der Waals surface area contributed by atoms with E-state index in [-0.39, 0.29) is 12.5 Å². The number of hydrogen-bond donors (Lipinski definition) is 1. The highest BCUT2D eigenvalue weighted by Gasteiger charge is 2.34. The van der Waals surface area contributed by atoms with Crippen molar-refractivity contribution < 1.29 is 9.18 Å². The highest BCUT2D eigenvalue weighted by Crippen LogP contribution is 2.29. The highest BCUT2D eigenvalue weighted by atomic mass is 19.1. The summed E-state index contributed by atoms with van der Waals surface area (Å²) < 4.78 is 14.2. The summed E-state index contributed by atoms with van der Waals surface area (Å²) in [6.45, 7) is 1.20. The molecule has 1 saturated carbocycles. The van der Waals surface area contributed by atoms with Gasteiger partial charge in [-0.3, -0.25) is 9.48 Å². The van der Waals surface area contributed by atoms with E-state index < -0.39 is 0 Å². The number of carbonyl (C=O) groups excluding carboxylic acids is 1. The molecule has 0 spiro atoms. The third kappa shape index (κ3) is 2.24. The van der Waals surface area contributed by atoms with Crippen LogP contribution in [-0.4, -0.2) is 39.7 Å². The second-order valence-corrected chi connectivity index (χ2v) is 5.49. The molecule has 6 heteroatoms. The first-order valence-corrected chi connectivity index (χ1v) is 7.08. The van der Waals surface area contributed by atoms with Crippen LogP contribution in [-0.2, 0) is 13.0 Å². The molecule has 1 amide bonds. The van der Waals surface area contributed by atoms with Crippen molar-refractivity contribution in [2.24, 2.45) is 5.73 Å². The third-order valence-corrected chi connectivity index (χ3v) is 4.22. The van der Waals surface area contributed by atoms with Crippen LogP contribution in [0.4, 0.5) is 4.39 Å². The van der Waals surface area contributed by atoms with E-state index in [1.165, 1.54) is 6.42 Å². The van der Waals surface area contributed by atoms with Crippen molar-refractivity contribution in [1.29, 1.82) is 0 Å². The molecule has 0 atom stereocenters. The molecule has 2 aliphatic rings. The Balaban J connectivity index is 1.79. The fraction of sp³-hybridized carbons (Fsp3) is 0.571. The fourth-order valence-corrected chi connectivity index (χ4v) is 2.79. The van der Waals surface area contributed by atoms with Gasteiger partial charge in [0.2, 0.25) is 0 Å². The number of nitrogens with zero attached hydrogens (tertiary/aromatic N) is 3. The summed E-state index contributed by atoms with van der Waals surface area (Å²) in [4.78, 5) is 14.4. The average Bonchev–Trinajstić information content (AvgIpc) is 2.81. The number of hydrogen-bond acceptors (Lipinski definition) is 3. The average molecular weight is 278 g/mol. The van der Waals surface area contributed by atoms with Crippen LogP contribution in [0.15, 0.2) is 18.1 Å². The van der Waals surface area contributed by atoms with E-state index in [0.29, 0.717) is 30.1 Å². The molecule has 1 aromatic heterocycles. The second-order valence-electron chi connectivity index (χ2n) is 5.49. The largest absolute Gasteiger partial charge is 0.335 e. The minimum absolute atomic E-state index is 0.0701. The monoisotopic (exact) mass is 278 g/mol. The lowest BCUT2D eigenvalue weighted by Crippen LogP contribution is -2.47. The van der Waals surface area contributed by atoms with E-state index in [9.17, 15) is 9.18 Å². The van der Waals surface area contributed by atoms with Crippen LogP contribution in [0.5, 0.6) is 0 Å². The molecule has 0 bridgehead atoms. The maximum Gasteiger partial charge on any atom is 0.257 e. The summed E-state index contributed by atoms with van der Waals surface area (Å²) in [5.41, 5.74) is 7.39. The van der Waals surface area contributed by atoms with Crippen LogP contribution in [0.25, 0.3) is 0 Å². The van der Waals surface area contributed by atoms with Gasteiger partial charge in [0.15, 0.2) is 0 Å². The molecule has 3 rings (SSSR count). The molecule has 1 aliphatic heterocycles. The van der Waals surface area contributed by atoms with Crippen molar-refractivity contribution in [3.8, 4) is 0 Å². The number of nitrogens with two attached hydrogens (primary N) is 1. The third-order valence-electron chi connectivity index (χ3n) is 4.22. The quantitative estimate of drug-likeness (QED) is 0.901. The summed E-state index contributed by atoms with van der Waals surface area (Å²) in [5, 5.41) is 4.38. The Labute approximate surface area is 117 Å². The molecule has 108 valence electrons. The number of rotatable bonds is 4. The maximum absolute atomic E-state index is 12.6. The highest BCUT2D eigenvalue weighted by molar-refractivity contribution is 5.96. The zero-order valence-electron chi connectivity index (χ0n) is 11.4. The van der Waals surface area contributed by atoms with E-state index in [2.05, 4.69) is 5.10 Å². The van der Waals surface area contributed by atoms with Gasteiger partial charge in [0.05, 0.1) is 24.1 Å². The number of fused-ring (bicyclic) bond motifs is 1. The Hall–Kier alpha value is -1.69. The van der Waals surface area contributed by atoms with Crippen LogP contribution >= 0.6 is 0 Å². The zero-order chi connectivity index (χ0) is 14.1. The van der Waals surface area contributed by atoms with E-state index in [1.807, 2.05) is 4.90 Å². The SMILES string of the molecule is NC/C(=C\F)Cn1cc2c(n1)CCN(C1CCC1)C2=O. The molecule has 2 N–H and O–H groups in total. The summed E-state index contributed by atoms with van der Waals surface area (Å²) in [7, 11) is 0. The molecular formula is C14H19FN4O. The molecule has 0 aromatic carbocycles.